The summed E-state index contributed by atoms with van der Waals surface area (Å²) in [4.78, 5) is 25.6. The minimum Gasteiger partial charge on any atom is -0.350 e. The third-order valence-corrected chi connectivity index (χ3v) is 3.90. The predicted octanol–water partition coefficient (Wildman–Crippen LogP) is 0.717. The smallest absolute Gasteiger partial charge is 0.242 e. The van der Waals surface area contributed by atoms with Crippen LogP contribution < -0.4 is 5.32 Å². The summed E-state index contributed by atoms with van der Waals surface area (Å²) >= 11 is 0. The van der Waals surface area contributed by atoms with Crippen LogP contribution in [0.2, 0.25) is 0 Å². The lowest BCUT2D eigenvalue weighted by Crippen LogP contribution is -2.29. The molecule has 0 spiro atoms. The Kier molecular flexibility index (Phi) is 4.65. The number of benzene rings is 1. The highest BCUT2D eigenvalue weighted by molar-refractivity contribution is 5.78. The molecule has 2 heterocycles. The first-order valence-corrected chi connectivity index (χ1v) is 7.68. The molecular formula is C16H19N5O2. The Morgan fingerprint density at radius 2 is 2.09 bits per heavy atom. The summed E-state index contributed by atoms with van der Waals surface area (Å²) in [7, 11) is 0. The maximum Gasteiger partial charge on any atom is 0.242 e. The zero-order valence-electron chi connectivity index (χ0n) is 12.8. The van der Waals surface area contributed by atoms with Gasteiger partial charge in [-0.2, -0.15) is 0 Å². The molecular weight excluding hydrogens is 294 g/mol. The standard InChI is InChI=1S/C16H19N5O2/c22-15(12-21-9-7-18-19-21)17-10-13-4-1-2-5-14(13)11-20-8-3-6-16(20)23/h1-2,4-5,7,9H,3,6,8,10-12H2,(H,17,22). The number of nitrogens with one attached hydrogen (secondary N) is 1. The first kappa shape index (κ1) is 15.2. The Morgan fingerprint density at radius 1 is 1.26 bits per heavy atom. The van der Waals surface area contributed by atoms with E-state index >= 15 is 0 Å². The first-order valence-electron chi connectivity index (χ1n) is 7.68. The van der Waals surface area contributed by atoms with Crippen LogP contribution in [-0.2, 0) is 29.2 Å². The molecule has 1 aliphatic heterocycles. The van der Waals surface area contributed by atoms with Crippen molar-refractivity contribution in [3.63, 3.8) is 0 Å². The summed E-state index contributed by atoms with van der Waals surface area (Å²) in [6, 6.07) is 7.88. The number of hydrogen-bond donors (Lipinski definition) is 1. The zero-order valence-corrected chi connectivity index (χ0v) is 12.8. The molecule has 1 aliphatic rings. The first-order chi connectivity index (χ1) is 11.2. The van der Waals surface area contributed by atoms with Gasteiger partial charge >= 0.3 is 0 Å². The van der Waals surface area contributed by atoms with Crippen molar-refractivity contribution in [1.82, 2.24) is 25.2 Å². The highest BCUT2D eigenvalue weighted by atomic mass is 16.2. The lowest BCUT2D eigenvalue weighted by atomic mass is 10.1. The quantitative estimate of drug-likeness (QED) is 0.852. The molecule has 2 aromatic rings. The highest BCUT2D eigenvalue weighted by Gasteiger charge is 2.20. The van der Waals surface area contributed by atoms with Crippen LogP contribution in [0.5, 0.6) is 0 Å². The van der Waals surface area contributed by atoms with Crippen LogP contribution >= 0.6 is 0 Å². The molecule has 0 bridgehead atoms. The Balaban J connectivity index is 1.59. The van der Waals surface area contributed by atoms with E-state index in [0.29, 0.717) is 19.5 Å². The number of hydrogen-bond acceptors (Lipinski definition) is 4. The van der Waals surface area contributed by atoms with Gasteiger partial charge in [0.2, 0.25) is 11.8 Å². The van der Waals surface area contributed by atoms with Crippen LogP contribution in [0.3, 0.4) is 0 Å². The molecule has 0 saturated carbocycles. The van der Waals surface area contributed by atoms with Crippen molar-refractivity contribution in [2.24, 2.45) is 0 Å². The number of likely N-dealkylation sites (tertiary alicyclic amines) is 1. The van der Waals surface area contributed by atoms with Gasteiger partial charge < -0.3 is 10.2 Å². The fourth-order valence-corrected chi connectivity index (χ4v) is 2.67. The van der Waals surface area contributed by atoms with Crippen LogP contribution in [0.1, 0.15) is 24.0 Å². The molecule has 0 unspecified atom stereocenters. The number of carbonyl (C=O) groups excluding carboxylic acids is 2. The lowest BCUT2D eigenvalue weighted by molar-refractivity contribution is -0.128. The molecule has 1 aromatic heterocycles. The lowest BCUT2D eigenvalue weighted by Gasteiger charge is -2.18. The average Bonchev–Trinajstić information content (AvgIpc) is 3.19. The van der Waals surface area contributed by atoms with Gasteiger partial charge in [-0.05, 0) is 17.5 Å². The zero-order chi connectivity index (χ0) is 16.1. The van der Waals surface area contributed by atoms with E-state index < -0.39 is 0 Å². The van der Waals surface area contributed by atoms with Gasteiger partial charge in [-0.1, -0.05) is 29.5 Å². The number of amides is 2. The number of rotatable bonds is 6. The topological polar surface area (TPSA) is 80.1 Å². The second kappa shape index (κ2) is 7.04. The maximum absolute atomic E-state index is 11.9. The van der Waals surface area contributed by atoms with Crippen molar-refractivity contribution >= 4 is 11.8 Å². The van der Waals surface area contributed by atoms with Gasteiger partial charge in [-0.25, -0.2) is 4.68 Å². The summed E-state index contributed by atoms with van der Waals surface area (Å²) in [6.45, 7) is 2.00. The van der Waals surface area contributed by atoms with Crippen molar-refractivity contribution < 1.29 is 9.59 Å². The van der Waals surface area contributed by atoms with Crippen LogP contribution in [-0.4, -0.2) is 38.3 Å². The second-order valence-corrected chi connectivity index (χ2v) is 5.56. The number of aromatic nitrogens is 3. The minimum absolute atomic E-state index is 0.123. The second-order valence-electron chi connectivity index (χ2n) is 5.56. The molecule has 0 radical (unpaired) electrons. The van der Waals surface area contributed by atoms with Crippen molar-refractivity contribution in [3.8, 4) is 0 Å². The summed E-state index contributed by atoms with van der Waals surface area (Å²) in [6.07, 6.45) is 4.74. The van der Waals surface area contributed by atoms with Crippen LogP contribution in [0.25, 0.3) is 0 Å². The van der Waals surface area contributed by atoms with Gasteiger partial charge in [-0.15, -0.1) is 5.10 Å². The molecule has 23 heavy (non-hydrogen) atoms. The fourth-order valence-electron chi connectivity index (χ4n) is 2.67. The largest absolute Gasteiger partial charge is 0.350 e. The van der Waals surface area contributed by atoms with Crippen molar-refractivity contribution in [2.75, 3.05) is 6.54 Å². The molecule has 7 nitrogen and oxygen atoms in total. The molecule has 1 fully saturated rings. The summed E-state index contributed by atoms with van der Waals surface area (Å²) in [5.74, 6) is 0.0811. The number of nitrogens with zero attached hydrogens (tertiary/aromatic N) is 4. The van der Waals surface area contributed by atoms with Gasteiger partial charge in [0.15, 0.2) is 0 Å². The number of carbonyl (C=O) groups is 2. The molecule has 7 heteroatoms. The van der Waals surface area contributed by atoms with Crippen molar-refractivity contribution in [1.29, 1.82) is 0 Å². The van der Waals surface area contributed by atoms with Gasteiger partial charge in [0.05, 0.1) is 6.20 Å². The third-order valence-electron chi connectivity index (χ3n) is 3.90. The monoisotopic (exact) mass is 313 g/mol. The molecule has 1 saturated heterocycles. The molecule has 2 amide bonds. The summed E-state index contributed by atoms with van der Waals surface area (Å²) in [5, 5.41) is 10.3. The molecule has 3 rings (SSSR count). The maximum atomic E-state index is 11.9. The van der Waals surface area contributed by atoms with E-state index in [0.717, 1.165) is 24.1 Å². The van der Waals surface area contributed by atoms with Gasteiger partial charge in [0.1, 0.15) is 6.54 Å². The SMILES string of the molecule is O=C(Cn1ccnn1)NCc1ccccc1CN1CCCC1=O. The Morgan fingerprint density at radius 3 is 2.78 bits per heavy atom. The Labute approximate surface area is 134 Å². The van der Waals surface area contributed by atoms with Gasteiger partial charge in [0.25, 0.3) is 0 Å². The molecule has 120 valence electrons. The molecule has 0 atom stereocenters. The molecule has 1 N–H and O–H groups in total. The molecule has 1 aromatic carbocycles. The van der Waals surface area contributed by atoms with E-state index in [9.17, 15) is 9.59 Å². The van der Waals surface area contributed by atoms with E-state index in [1.165, 1.54) is 10.9 Å². The average molecular weight is 313 g/mol. The van der Waals surface area contributed by atoms with E-state index in [1.54, 1.807) is 6.20 Å². The Bertz CT molecular complexity index is 684. The predicted molar refractivity (Wildman–Crippen MR) is 83.0 cm³/mol. The van der Waals surface area contributed by atoms with Crippen LogP contribution in [0, 0.1) is 0 Å². The fraction of sp³-hybridized carbons (Fsp3) is 0.375. The minimum atomic E-state index is -0.123. The van der Waals surface area contributed by atoms with E-state index in [4.69, 9.17) is 0 Å². The van der Waals surface area contributed by atoms with Crippen LogP contribution in [0.4, 0.5) is 0 Å². The summed E-state index contributed by atoms with van der Waals surface area (Å²) < 4.78 is 1.48. The van der Waals surface area contributed by atoms with E-state index in [1.807, 2.05) is 29.2 Å². The van der Waals surface area contributed by atoms with Crippen LogP contribution in [0.15, 0.2) is 36.7 Å². The highest BCUT2D eigenvalue weighted by Crippen LogP contribution is 2.17. The van der Waals surface area contributed by atoms with E-state index in [2.05, 4.69) is 15.6 Å². The van der Waals surface area contributed by atoms with Gasteiger partial charge in [0, 0.05) is 32.3 Å². The molecule has 0 aliphatic carbocycles. The van der Waals surface area contributed by atoms with Gasteiger partial charge in [-0.3, -0.25) is 9.59 Å². The third kappa shape index (κ3) is 3.94. The van der Waals surface area contributed by atoms with Crippen molar-refractivity contribution in [3.05, 3.63) is 47.8 Å². The van der Waals surface area contributed by atoms with Crippen molar-refractivity contribution in [2.45, 2.75) is 32.5 Å². The Hall–Kier alpha value is -2.70. The normalized spacial score (nSPS) is 14.3. The van der Waals surface area contributed by atoms with E-state index in [-0.39, 0.29) is 18.4 Å². The summed E-state index contributed by atoms with van der Waals surface area (Å²) in [5.41, 5.74) is 2.10.